The van der Waals surface area contributed by atoms with E-state index in [4.69, 9.17) is 4.74 Å². The van der Waals surface area contributed by atoms with Gasteiger partial charge in [0.05, 0.1) is 16.9 Å². The van der Waals surface area contributed by atoms with Gasteiger partial charge < -0.3 is 4.74 Å². The molecule has 2 atom stereocenters. The molecule has 10 heteroatoms. The van der Waals surface area contributed by atoms with Crippen LogP contribution in [0.2, 0.25) is 0 Å². The van der Waals surface area contributed by atoms with E-state index >= 15 is 0 Å². The van der Waals surface area contributed by atoms with Crippen molar-refractivity contribution in [3.05, 3.63) is 60.7 Å². The maximum Gasteiger partial charge on any atom is 0.324 e. The fourth-order valence-electron chi connectivity index (χ4n) is 3.12. The second kappa shape index (κ2) is 8.00. The molecule has 1 fully saturated rings. The Labute approximate surface area is 164 Å². The molecule has 0 unspecified atom stereocenters. The standard InChI is InChI=1S/C18H20N2O6S2/c1-26-18(21)17-12-14(19-27(22,23)15-8-4-2-5-9-15)13-20(17)28(24,25)16-10-6-3-7-11-16/h2-11,14,17,19H,12-13H2,1H3/t14-,17-/m1/s1. The largest absolute Gasteiger partial charge is 0.468 e. The first kappa shape index (κ1) is 20.5. The van der Waals surface area contributed by atoms with Gasteiger partial charge in [-0.15, -0.1) is 0 Å². The van der Waals surface area contributed by atoms with Crippen molar-refractivity contribution in [2.24, 2.45) is 0 Å². The Bertz CT molecular complexity index is 1040. The summed E-state index contributed by atoms with van der Waals surface area (Å²) in [5.74, 6) is -0.735. The molecule has 0 bridgehead atoms. The third kappa shape index (κ3) is 4.09. The lowest BCUT2D eigenvalue weighted by molar-refractivity contribution is -0.144. The summed E-state index contributed by atoms with van der Waals surface area (Å²) in [6.07, 6.45) is -0.0230. The average molecular weight is 425 g/mol. The summed E-state index contributed by atoms with van der Waals surface area (Å²) in [5.41, 5.74) is 0. The van der Waals surface area contributed by atoms with E-state index < -0.39 is 38.1 Å². The second-order valence-electron chi connectivity index (χ2n) is 6.29. The molecule has 1 N–H and O–H groups in total. The van der Waals surface area contributed by atoms with Gasteiger partial charge >= 0.3 is 5.97 Å². The van der Waals surface area contributed by atoms with Crippen molar-refractivity contribution in [2.75, 3.05) is 13.7 Å². The van der Waals surface area contributed by atoms with Gasteiger partial charge in [-0.2, -0.15) is 4.31 Å². The maximum atomic E-state index is 13.0. The molecule has 8 nitrogen and oxygen atoms in total. The SMILES string of the molecule is COC(=O)[C@H]1C[C@@H](NS(=O)(=O)c2ccccc2)CN1S(=O)(=O)c1ccccc1. The number of nitrogens with one attached hydrogen (secondary N) is 1. The highest BCUT2D eigenvalue weighted by molar-refractivity contribution is 7.89. The van der Waals surface area contributed by atoms with E-state index in [1.807, 2.05) is 0 Å². The van der Waals surface area contributed by atoms with Crippen LogP contribution in [0.15, 0.2) is 70.5 Å². The van der Waals surface area contributed by atoms with E-state index in [0.29, 0.717) is 0 Å². The van der Waals surface area contributed by atoms with Crippen molar-refractivity contribution in [2.45, 2.75) is 28.3 Å². The number of sulfonamides is 2. The number of methoxy groups -OCH3 is 1. The van der Waals surface area contributed by atoms with Crippen molar-refractivity contribution < 1.29 is 26.4 Å². The highest BCUT2D eigenvalue weighted by Gasteiger charge is 2.45. The first-order valence-electron chi connectivity index (χ1n) is 8.48. The number of carbonyl (C=O) groups excluding carboxylic acids is 1. The van der Waals surface area contributed by atoms with E-state index in [2.05, 4.69) is 4.72 Å². The zero-order valence-corrected chi connectivity index (χ0v) is 16.7. The van der Waals surface area contributed by atoms with Crippen molar-refractivity contribution in [1.29, 1.82) is 0 Å². The van der Waals surface area contributed by atoms with Crippen LogP contribution in [0, 0.1) is 0 Å². The molecule has 3 rings (SSSR count). The van der Waals surface area contributed by atoms with Gasteiger partial charge in [0.1, 0.15) is 6.04 Å². The molecular formula is C18H20N2O6S2. The lowest BCUT2D eigenvalue weighted by Crippen LogP contribution is -2.41. The third-order valence-corrected chi connectivity index (χ3v) is 7.88. The molecule has 150 valence electrons. The van der Waals surface area contributed by atoms with Gasteiger partial charge in [0.2, 0.25) is 20.0 Å². The number of nitrogens with zero attached hydrogens (tertiary/aromatic N) is 1. The summed E-state index contributed by atoms with van der Waals surface area (Å²) in [6.45, 7) is -0.178. The van der Waals surface area contributed by atoms with Crippen LogP contribution in [-0.4, -0.2) is 52.8 Å². The first-order valence-corrected chi connectivity index (χ1v) is 11.4. The molecule has 0 saturated carbocycles. The van der Waals surface area contributed by atoms with Crippen LogP contribution in [0.1, 0.15) is 6.42 Å². The Hall–Kier alpha value is -2.27. The van der Waals surface area contributed by atoms with Crippen molar-refractivity contribution in [3.8, 4) is 0 Å². The minimum absolute atomic E-state index is 0.0230. The van der Waals surface area contributed by atoms with Gasteiger partial charge in [0, 0.05) is 12.6 Å². The summed E-state index contributed by atoms with van der Waals surface area (Å²) in [4.78, 5) is 12.3. The van der Waals surface area contributed by atoms with Crippen molar-refractivity contribution in [3.63, 3.8) is 0 Å². The second-order valence-corrected chi connectivity index (χ2v) is 9.90. The van der Waals surface area contributed by atoms with E-state index in [1.54, 1.807) is 36.4 Å². The Kier molecular flexibility index (Phi) is 5.84. The number of carbonyl (C=O) groups is 1. The predicted octanol–water partition coefficient (Wildman–Crippen LogP) is 0.970. The Morgan fingerprint density at radius 3 is 2.04 bits per heavy atom. The predicted molar refractivity (Wildman–Crippen MR) is 101 cm³/mol. The maximum absolute atomic E-state index is 13.0. The Morgan fingerprint density at radius 2 is 1.50 bits per heavy atom. The molecule has 0 aliphatic carbocycles. The molecule has 1 aliphatic rings. The lowest BCUT2D eigenvalue weighted by atomic mass is 10.2. The highest BCUT2D eigenvalue weighted by Crippen LogP contribution is 2.28. The van der Waals surface area contributed by atoms with Crippen LogP contribution in [0.5, 0.6) is 0 Å². The molecular weight excluding hydrogens is 404 g/mol. The van der Waals surface area contributed by atoms with E-state index in [-0.39, 0.29) is 22.8 Å². The van der Waals surface area contributed by atoms with Crippen LogP contribution in [0.25, 0.3) is 0 Å². The van der Waals surface area contributed by atoms with Gasteiger partial charge in [0.25, 0.3) is 0 Å². The average Bonchev–Trinajstić information content (AvgIpc) is 3.12. The topological polar surface area (TPSA) is 110 Å². The summed E-state index contributed by atoms with van der Waals surface area (Å²) in [7, 11) is -6.69. The monoisotopic (exact) mass is 424 g/mol. The van der Waals surface area contributed by atoms with Gasteiger partial charge in [-0.3, -0.25) is 4.79 Å². The van der Waals surface area contributed by atoms with Crippen LogP contribution in [0.4, 0.5) is 0 Å². The van der Waals surface area contributed by atoms with Gasteiger partial charge in [0.15, 0.2) is 0 Å². The number of hydrogen-bond acceptors (Lipinski definition) is 6. The van der Waals surface area contributed by atoms with Gasteiger partial charge in [-0.1, -0.05) is 36.4 Å². The zero-order chi connectivity index (χ0) is 20.4. The highest BCUT2D eigenvalue weighted by atomic mass is 32.2. The molecule has 0 amide bonds. The molecule has 0 spiro atoms. The summed E-state index contributed by atoms with van der Waals surface area (Å²) in [5, 5.41) is 0. The number of benzene rings is 2. The fourth-order valence-corrected chi connectivity index (χ4v) is 6.04. The first-order chi connectivity index (χ1) is 13.3. The molecule has 2 aromatic carbocycles. The van der Waals surface area contributed by atoms with Crippen LogP contribution < -0.4 is 4.72 Å². The van der Waals surface area contributed by atoms with Crippen LogP contribution in [0.3, 0.4) is 0 Å². The summed E-state index contributed by atoms with van der Waals surface area (Å²) in [6, 6.07) is 13.5. The zero-order valence-electron chi connectivity index (χ0n) is 15.1. The minimum atomic E-state index is -4.00. The minimum Gasteiger partial charge on any atom is -0.468 e. The Balaban J connectivity index is 1.89. The fraction of sp³-hybridized carbons (Fsp3) is 0.278. The van der Waals surface area contributed by atoms with E-state index in [0.717, 1.165) is 11.4 Å². The number of rotatable bonds is 6. The molecule has 1 aliphatic heterocycles. The molecule has 1 heterocycles. The van der Waals surface area contributed by atoms with Crippen molar-refractivity contribution in [1.82, 2.24) is 9.03 Å². The normalized spacial score (nSPS) is 20.8. The molecule has 28 heavy (non-hydrogen) atoms. The van der Waals surface area contributed by atoms with Crippen molar-refractivity contribution >= 4 is 26.0 Å². The number of hydrogen-bond donors (Lipinski definition) is 1. The molecule has 1 saturated heterocycles. The lowest BCUT2D eigenvalue weighted by Gasteiger charge is -2.22. The van der Waals surface area contributed by atoms with Crippen LogP contribution >= 0.6 is 0 Å². The summed E-state index contributed by atoms with van der Waals surface area (Å²) < 4.78 is 59.3. The molecule has 0 radical (unpaired) electrons. The quantitative estimate of drug-likeness (QED) is 0.692. The molecule has 2 aromatic rings. The van der Waals surface area contributed by atoms with E-state index in [1.165, 1.54) is 24.3 Å². The van der Waals surface area contributed by atoms with Gasteiger partial charge in [-0.25, -0.2) is 21.6 Å². The van der Waals surface area contributed by atoms with Crippen LogP contribution in [-0.2, 0) is 29.6 Å². The van der Waals surface area contributed by atoms with E-state index in [9.17, 15) is 21.6 Å². The van der Waals surface area contributed by atoms with Gasteiger partial charge in [-0.05, 0) is 30.7 Å². The summed E-state index contributed by atoms with van der Waals surface area (Å²) >= 11 is 0. The molecule has 0 aromatic heterocycles. The Morgan fingerprint density at radius 1 is 0.964 bits per heavy atom. The number of ether oxygens (including phenoxy) is 1. The third-order valence-electron chi connectivity index (χ3n) is 4.45. The number of esters is 1. The smallest absolute Gasteiger partial charge is 0.324 e.